The Bertz CT molecular complexity index is 777. The number of methoxy groups -OCH3 is 1. The summed E-state index contributed by atoms with van der Waals surface area (Å²) in [5, 5.41) is 3.20. The van der Waals surface area contributed by atoms with Crippen LogP contribution in [0.1, 0.15) is 37.6 Å². The van der Waals surface area contributed by atoms with Gasteiger partial charge in [0.25, 0.3) is 5.91 Å². The van der Waals surface area contributed by atoms with Crippen LogP contribution in [0.2, 0.25) is 5.02 Å². The summed E-state index contributed by atoms with van der Waals surface area (Å²) in [7, 11) is 1.52. The SMILES string of the molecule is CCCOc1c(Cl)cc(C(=O)Nc2ccccc2OCC(C)C)cc1OC. The van der Waals surface area contributed by atoms with E-state index in [0.717, 1.165) is 6.42 Å². The standard InChI is InChI=1S/C21H26ClNO4/c1-5-10-26-20-16(22)11-15(12-19(20)25-4)21(24)23-17-8-6-7-9-18(17)27-13-14(2)3/h6-9,11-12,14H,5,10,13H2,1-4H3,(H,23,24). The van der Waals surface area contributed by atoms with Crippen LogP contribution in [-0.2, 0) is 0 Å². The maximum Gasteiger partial charge on any atom is 0.255 e. The van der Waals surface area contributed by atoms with Crippen molar-refractivity contribution < 1.29 is 19.0 Å². The lowest BCUT2D eigenvalue weighted by Gasteiger charge is -2.15. The van der Waals surface area contributed by atoms with E-state index in [2.05, 4.69) is 19.2 Å². The van der Waals surface area contributed by atoms with Crippen LogP contribution in [0.25, 0.3) is 0 Å². The van der Waals surface area contributed by atoms with E-state index in [1.165, 1.54) is 7.11 Å². The van der Waals surface area contributed by atoms with Gasteiger partial charge >= 0.3 is 0 Å². The number of halogens is 1. The molecule has 2 rings (SSSR count). The van der Waals surface area contributed by atoms with Gasteiger partial charge in [0.2, 0.25) is 0 Å². The number of hydrogen-bond acceptors (Lipinski definition) is 4. The summed E-state index contributed by atoms with van der Waals surface area (Å²) in [4.78, 5) is 12.7. The minimum absolute atomic E-state index is 0.308. The molecule has 6 heteroatoms. The van der Waals surface area contributed by atoms with Crippen LogP contribution in [0.4, 0.5) is 5.69 Å². The van der Waals surface area contributed by atoms with E-state index >= 15 is 0 Å². The van der Waals surface area contributed by atoms with Gasteiger partial charge in [-0.15, -0.1) is 0 Å². The highest BCUT2D eigenvalue weighted by atomic mass is 35.5. The zero-order valence-electron chi connectivity index (χ0n) is 16.2. The quantitative estimate of drug-likeness (QED) is 0.619. The molecule has 0 spiro atoms. The number of amides is 1. The molecule has 0 aliphatic heterocycles. The Labute approximate surface area is 165 Å². The molecule has 27 heavy (non-hydrogen) atoms. The third-order valence-electron chi connectivity index (χ3n) is 3.65. The summed E-state index contributed by atoms with van der Waals surface area (Å²) in [6, 6.07) is 10.5. The first-order valence-electron chi connectivity index (χ1n) is 8.99. The molecule has 0 atom stereocenters. The second-order valence-corrected chi connectivity index (χ2v) is 6.90. The zero-order valence-corrected chi connectivity index (χ0v) is 16.9. The van der Waals surface area contributed by atoms with E-state index in [9.17, 15) is 4.79 Å². The fourth-order valence-corrected chi connectivity index (χ4v) is 2.61. The maximum absolute atomic E-state index is 12.7. The Morgan fingerprint density at radius 1 is 1.15 bits per heavy atom. The maximum atomic E-state index is 12.7. The molecule has 0 unspecified atom stereocenters. The first kappa shape index (κ1) is 20.9. The Morgan fingerprint density at radius 3 is 2.56 bits per heavy atom. The van der Waals surface area contributed by atoms with Crippen LogP contribution in [0.3, 0.4) is 0 Å². The second-order valence-electron chi connectivity index (χ2n) is 6.49. The number of carbonyl (C=O) groups excluding carboxylic acids is 1. The van der Waals surface area contributed by atoms with E-state index in [1.807, 2.05) is 25.1 Å². The molecule has 146 valence electrons. The van der Waals surface area contributed by atoms with Crippen molar-refractivity contribution in [2.45, 2.75) is 27.2 Å². The van der Waals surface area contributed by atoms with E-state index in [-0.39, 0.29) is 5.91 Å². The highest BCUT2D eigenvalue weighted by Crippen LogP contribution is 2.37. The molecule has 0 fully saturated rings. The average molecular weight is 392 g/mol. The fraction of sp³-hybridized carbons (Fsp3) is 0.381. The molecule has 0 aromatic heterocycles. The van der Waals surface area contributed by atoms with E-state index in [1.54, 1.807) is 18.2 Å². The molecule has 0 saturated heterocycles. The molecular weight excluding hydrogens is 366 g/mol. The van der Waals surface area contributed by atoms with Crippen LogP contribution < -0.4 is 19.5 Å². The van der Waals surface area contributed by atoms with E-state index in [0.29, 0.717) is 52.7 Å². The van der Waals surface area contributed by atoms with E-state index < -0.39 is 0 Å². The van der Waals surface area contributed by atoms with Gasteiger partial charge in [-0.2, -0.15) is 0 Å². The number of benzene rings is 2. The van der Waals surface area contributed by atoms with Crippen molar-refractivity contribution in [2.24, 2.45) is 5.92 Å². The lowest BCUT2D eigenvalue weighted by Crippen LogP contribution is -2.14. The molecule has 1 amide bonds. The Kier molecular flexibility index (Phi) is 7.80. The van der Waals surface area contributed by atoms with Crippen molar-refractivity contribution >= 4 is 23.2 Å². The molecule has 5 nitrogen and oxygen atoms in total. The Morgan fingerprint density at radius 2 is 1.89 bits per heavy atom. The summed E-state index contributed by atoms with van der Waals surface area (Å²) in [6.07, 6.45) is 0.842. The Hall–Kier alpha value is -2.40. The first-order chi connectivity index (χ1) is 13.0. The molecule has 0 radical (unpaired) electrons. The highest BCUT2D eigenvalue weighted by Gasteiger charge is 2.17. The van der Waals surface area contributed by atoms with Gasteiger partial charge in [0, 0.05) is 5.56 Å². The van der Waals surface area contributed by atoms with E-state index in [4.69, 9.17) is 25.8 Å². The normalized spacial score (nSPS) is 10.6. The summed E-state index contributed by atoms with van der Waals surface area (Å²) in [5.74, 6) is 1.56. The van der Waals surface area contributed by atoms with Gasteiger partial charge in [0.15, 0.2) is 11.5 Å². The molecule has 0 heterocycles. The fourth-order valence-electron chi connectivity index (χ4n) is 2.34. The topological polar surface area (TPSA) is 56.8 Å². The summed E-state index contributed by atoms with van der Waals surface area (Å²) in [5.41, 5.74) is 0.976. The molecule has 1 N–H and O–H groups in total. The van der Waals surface area contributed by atoms with Crippen molar-refractivity contribution in [1.29, 1.82) is 0 Å². The first-order valence-corrected chi connectivity index (χ1v) is 9.37. The minimum atomic E-state index is -0.308. The number of rotatable bonds is 9. The van der Waals surface area contributed by atoms with Crippen LogP contribution in [0.5, 0.6) is 17.2 Å². The zero-order chi connectivity index (χ0) is 19.8. The van der Waals surface area contributed by atoms with Gasteiger partial charge in [-0.25, -0.2) is 0 Å². The van der Waals surface area contributed by atoms with Gasteiger partial charge < -0.3 is 19.5 Å². The molecule has 0 saturated carbocycles. The van der Waals surface area contributed by atoms with Crippen molar-refractivity contribution in [3.63, 3.8) is 0 Å². The number of ether oxygens (including phenoxy) is 3. The van der Waals surface area contributed by atoms with Crippen LogP contribution in [0.15, 0.2) is 36.4 Å². The van der Waals surface area contributed by atoms with Crippen molar-refractivity contribution in [3.8, 4) is 17.2 Å². The number of para-hydroxylation sites is 2. The molecule has 0 aliphatic rings. The molecule has 2 aromatic rings. The predicted octanol–water partition coefficient (Wildman–Crippen LogP) is 5.42. The predicted molar refractivity (Wildman–Crippen MR) is 109 cm³/mol. The highest BCUT2D eigenvalue weighted by molar-refractivity contribution is 6.32. The molecule has 0 aliphatic carbocycles. The van der Waals surface area contributed by atoms with Gasteiger partial charge in [-0.3, -0.25) is 4.79 Å². The van der Waals surface area contributed by atoms with Gasteiger partial charge in [-0.05, 0) is 36.6 Å². The summed E-state index contributed by atoms with van der Waals surface area (Å²) < 4.78 is 16.7. The lowest BCUT2D eigenvalue weighted by atomic mass is 10.1. The number of carbonyl (C=O) groups is 1. The average Bonchev–Trinajstić information content (AvgIpc) is 2.65. The van der Waals surface area contributed by atoms with Crippen molar-refractivity contribution in [3.05, 3.63) is 47.0 Å². The molecule has 2 aromatic carbocycles. The lowest BCUT2D eigenvalue weighted by molar-refractivity contribution is 0.102. The van der Waals surface area contributed by atoms with Gasteiger partial charge in [-0.1, -0.05) is 44.5 Å². The van der Waals surface area contributed by atoms with Gasteiger partial charge in [0.05, 0.1) is 31.0 Å². The molecule has 0 bridgehead atoms. The summed E-state index contributed by atoms with van der Waals surface area (Å²) in [6.45, 7) is 7.22. The van der Waals surface area contributed by atoms with Crippen molar-refractivity contribution in [1.82, 2.24) is 0 Å². The number of nitrogens with one attached hydrogen (secondary N) is 1. The minimum Gasteiger partial charge on any atom is -0.493 e. The second kappa shape index (κ2) is 10.1. The van der Waals surface area contributed by atoms with Crippen LogP contribution >= 0.6 is 11.6 Å². The summed E-state index contributed by atoms with van der Waals surface area (Å²) >= 11 is 6.30. The third-order valence-corrected chi connectivity index (χ3v) is 3.93. The molecular formula is C21H26ClNO4. The number of hydrogen-bond donors (Lipinski definition) is 1. The van der Waals surface area contributed by atoms with Crippen LogP contribution in [-0.4, -0.2) is 26.2 Å². The largest absolute Gasteiger partial charge is 0.493 e. The third kappa shape index (κ3) is 5.79. The van der Waals surface area contributed by atoms with Crippen molar-refractivity contribution in [2.75, 3.05) is 25.6 Å². The smallest absolute Gasteiger partial charge is 0.255 e. The van der Waals surface area contributed by atoms with Crippen LogP contribution in [0, 0.1) is 5.92 Å². The Balaban J connectivity index is 2.22. The number of anilines is 1. The monoisotopic (exact) mass is 391 g/mol. The van der Waals surface area contributed by atoms with Gasteiger partial charge in [0.1, 0.15) is 5.75 Å².